The van der Waals surface area contributed by atoms with Crippen molar-refractivity contribution in [3.63, 3.8) is 0 Å². The average molecular weight is 251 g/mol. The normalized spacial score (nSPS) is 16.8. The van der Waals surface area contributed by atoms with Crippen LogP contribution in [0.25, 0.3) is 0 Å². The van der Waals surface area contributed by atoms with E-state index in [0.29, 0.717) is 12.6 Å². The van der Waals surface area contributed by atoms with E-state index in [1.807, 2.05) is 0 Å². The molecule has 1 aliphatic carbocycles. The Morgan fingerprint density at radius 3 is 2.61 bits per heavy atom. The molecule has 0 bridgehead atoms. The van der Waals surface area contributed by atoms with E-state index in [9.17, 15) is 9.59 Å². The van der Waals surface area contributed by atoms with Gasteiger partial charge >= 0.3 is 5.69 Å². The minimum Gasteiger partial charge on any atom is -0.309 e. The van der Waals surface area contributed by atoms with E-state index in [2.05, 4.69) is 12.2 Å². The first kappa shape index (κ1) is 13.1. The van der Waals surface area contributed by atoms with E-state index in [4.69, 9.17) is 0 Å². The van der Waals surface area contributed by atoms with Crippen molar-refractivity contribution in [1.82, 2.24) is 14.5 Å². The minimum atomic E-state index is -0.269. The summed E-state index contributed by atoms with van der Waals surface area (Å²) in [5.41, 5.74) is 0.227. The van der Waals surface area contributed by atoms with E-state index in [0.717, 1.165) is 16.2 Å². The second kappa shape index (κ2) is 5.10. The first-order valence-corrected chi connectivity index (χ1v) is 6.48. The standard InChI is InChI=1S/C13H21N3O2/c1-9(6-10-4-5-10)14-8-11-7-12(17)16(3)13(18)15(11)2/h7,9-10,14H,4-6,8H2,1-3H3. The third-order valence-corrected chi connectivity index (χ3v) is 3.64. The number of hydrogen-bond donors (Lipinski definition) is 1. The molecule has 0 aromatic carbocycles. The third kappa shape index (κ3) is 2.90. The van der Waals surface area contributed by atoms with Crippen LogP contribution in [0.15, 0.2) is 15.7 Å². The van der Waals surface area contributed by atoms with Crippen molar-refractivity contribution in [3.8, 4) is 0 Å². The molecule has 5 heteroatoms. The molecule has 0 saturated heterocycles. The van der Waals surface area contributed by atoms with E-state index >= 15 is 0 Å². The lowest BCUT2D eigenvalue weighted by Crippen LogP contribution is -2.39. The molecule has 1 heterocycles. The molecule has 1 N–H and O–H groups in total. The molecular formula is C13H21N3O2. The van der Waals surface area contributed by atoms with Crippen molar-refractivity contribution >= 4 is 0 Å². The largest absolute Gasteiger partial charge is 0.330 e. The van der Waals surface area contributed by atoms with Crippen molar-refractivity contribution in [2.45, 2.75) is 38.8 Å². The molecule has 0 amide bonds. The van der Waals surface area contributed by atoms with Gasteiger partial charge < -0.3 is 5.32 Å². The highest BCUT2D eigenvalue weighted by Gasteiger charge is 2.23. The van der Waals surface area contributed by atoms with E-state index in [1.165, 1.54) is 36.9 Å². The summed E-state index contributed by atoms with van der Waals surface area (Å²) in [7, 11) is 3.20. The molecule has 0 radical (unpaired) electrons. The quantitative estimate of drug-likeness (QED) is 0.822. The van der Waals surface area contributed by atoms with Crippen LogP contribution in [0.4, 0.5) is 0 Å². The first-order chi connectivity index (χ1) is 8.49. The topological polar surface area (TPSA) is 56.0 Å². The summed E-state index contributed by atoms with van der Waals surface area (Å²) in [4.78, 5) is 23.3. The van der Waals surface area contributed by atoms with Gasteiger partial charge in [-0.1, -0.05) is 12.8 Å². The first-order valence-electron chi connectivity index (χ1n) is 6.48. The van der Waals surface area contributed by atoms with Gasteiger partial charge in [0.1, 0.15) is 0 Å². The molecule has 0 aliphatic heterocycles. The maximum absolute atomic E-state index is 11.7. The van der Waals surface area contributed by atoms with Gasteiger partial charge in [0.2, 0.25) is 0 Å². The molecule has 2 rings (SSSR count). The van der Waals surface area contributed by atoms with Gasteiger partial charge in [0, 0.05) is 38.4 Å². The highest BCUT2D eigenvalue weighted by Crippen LogP contribution is 2.33. The molecule has 1 aliphatic rings. The number of nitrogens with zero attached hydrogens (tertiary/aromatic N) is 2. The van der Waals surface area contributed by atoms with Crippen molar-refractivity contribution in [3.05, 3.63) is 32.6 Å². The lowest BCUT2D eigenvalue weighted by Gasteiger charge is -2.15. The summed E-state index contributed by atoms with van der Waals surface area (Å²) in [6.45, 7) is 2.72. The van der Waals surface area contributed by atoms with E-state index in [-0.39, 0.29) is 11.2 Å². The van der Waals surface area contributed by atoms with Crippen LogP contribution in [0, 0.1) is 5.92 Å². The fourth-order valence-corrected chi connectivity index (χ4v) is 2.16. The Kier molecular flexibility index (Phi) is 3.71. The summed E-state index contributed by atoms with van der Waals surface area (Å²) in [5, 5.41) is 3.38. The minimum absolute atomic E-state index is 0.246. The summed E-state index contributed by atoms with van der Waals surface area (Å²) in [6.07, 6.45) is 3.87. The second-order valence-electron chi connectivity index (χ2n) is 5.34. The molecule has 1 aromatic rings. The van der Waals surface area contributed by atoms with Gasteiger partial charge in [-0.2, -0.15) is 0 Å². The summed E-state index contributed by atoms with van der Waals surface area (Å²) in [5.74, 6) is 0.875. The van der Waals surface area contributed by atoms with Gasteiger partial charge in [0.05, 0.1) is 0 Å². The van der Waals surface area contributed by atoms with Crippen LogP contribution in [0.1, 0.15) is 31.9 Å². The molecule has 100 valence electrons. The summed E-state index contributed by atoms with van der Waals surface area (Å²) >= 11 is 0. The zero-order valence-corrected chi connectivity index (χ0v) is 11.3. The molecule has 1 atom stereocenters. The number of aromatic nitrogens is 2. The maximum Gasteiger partial charge on any atom is 0.330 e. The number of rotatable bonds is 5. The number of hydrogen-bond acceptors (Lipinski definition) is 3. The lowest BCUT2D eigenvalue weighted by atomic mass is 10.1. The van der Waals surface area contributed by atoms with Gasteiger partial charge in [0.15, 0.2) is 0 Å². The average Bonchev–Trinajstić information content (AvgIpc) is 3.13. The predicted octanol–water partition coefficient (Wildman–Crippen LogP) is 0.362. The summed E-state index contributed by atoms with van der Waals surface area (Å²) < 4.78 is 2.65. The van der Waals surface area contributed by atoms with Gasteiger partial charge in [-0.25, -0.2) is 4.79 Å². The molecule has 1 fully saturated rings. The Bertz CT molecular complexity index is 540. The second-order valence-corrected chi connectivity index (χ2v) is 5.34. The van der Waals surface area contributed by atoms with Crippen LogP contribution in [-0.4, -0.2) is 15.2 Å². The molecule has 1 saturated carbocycles. The molecule has 1 aromatic heterocycles. The van der Waals surface area contributed by atoms with Gasteiger partial charge in [-0.3, -0.25) is 13.9 Å². The maximum atomic E-state index is 11.7. The van der Waals surface area contributed by atoms with E-state index in [1.54, 1.807) is 7.05 Å². The Morgan fingerprint density at radius 1 is 1.33 bits per heavy atom. The van der Waals surface area contributed by atoms with Crippen LogP contribution in [0.5, 0.6) is 0 Å². The molecule has 1 unspecified atom stereocenters. The Labute approximate surface area is 106 Å². The van der Waals surface area contributed by atoms with Gasteiger partial charge in [-0.15, -0.1) is 0 Å². The molecular weight excluding hydrogens is 230 g/mol. The van der Waals surface area contributed by atoms with Crippen LogP contribution in [0.2, 0.25) is 0 Å². The Morgan fingerprint density at radius 2 is 2.00 bits per heavy atom. The smallest absolute Gasteiger partial charge is 0.309 e. The van der Waals surface area contributed by atoms with Crippen LogP contribution in [-0.2, 0) is 20.6 Å². The SMILES string of the molecule is CC(CC1CC1)NCc1cc(=O)n(C)c(=O)n1C. The van der Waals surface area contributed by atoms with Crippen LogP contribution in [0.3, 0.4) is 0 Å². The summed E-state index contributed by atoms with van der Waals surface area (Å²) in [6, 6.07) is 1.95. The fraction of sp³-hybridized carbons (Fsp3) is 0.692. The number of nitrogens with one attached hydrogen (secondary N) is 1. The third-order valence-electron chi connectivity index (χ3n) is 3.64. The Balaban J connectivity index is 2.04. The zero-order valence-electron chi connectivity index (χ0n) is 11.3. The van der Waals surface area contributed by atoms with Crippen molar-refractivity contribution in [2.75, 3.05) is 0 Å². The van der Waals surface area contributed by atoms with Gasteiger partial charge in [0.25, 0.3) is 5.56 Å². The van der Waals surface area contributed by atoms with Crippen LogP contribution < -0.4 is 16.6 Å². The highest BCUT2D eigenvalue weighted by molar-refractivity contribution is 5.02. The zero-order chi connectivity index (χ0) is 13.3. The van der Waals surface area contributed by atoms with Crippen molar-refractivity contribution < 1.29 is 0 Å². The lowest BCUT2D eigenvalue weighted by molar-refractivity contribution is 0.474. The molecule has 0 spiro atoms. The van der Waals surface area contributed by atoms with Crippen molar-refractivity contribution in [2.24, 2.45) is 20.0 Å². The fourth-order valence-electron chi connectivity index (χ4n) is 2.16. The monoisotopic (exact) mass is 251 g/mol. The van der Waals surface area contributed by atoms with Crippen LogP contribution >= 0.6 is 0 Å². The Hall–Kier alpha value is -1.36. The van der Waals surface area contributed by atoms with Gasteiger partial charge in [-0.05, 0) is 19.3 Å². The van der Waals surface area contributed by atoms with E-state index < -0.39 is 0 Å². The highest BCUT2D eigenvalue weighted by atomic mass is 16.2. The predicted molar refractivity (Wildman–Crippen MR) is 70.6 cm³/mol. The molecule has 18 heavy (non-hydrogen) atoms. The van der Waals surface area contributed by atoms with Crippen molar-refractivity contribution in [1.29, 1.82) is 0 Å². The molecule has 5 nitrogen and oxygen atoms in total.